The van der Waals surface area contributed by atoms with Gasteiger partial charge in [-0.2, -0.15) is 0 Å². The van der Waals surface area contributed by atoms with Gasteiger partial charge in [0.15, 0.2) is 0 Å². The van der Waals surface area contributed by atoms with Crippen molar-refractivity contribution >= 4 is 17.6 Å². The summed E-state index contributed by atoms with van der Waals surface area (Å²) in [7, 11) is 0. The van der Waals surface area contributed by atoms with Crippen molar-refractivity contribution < 1.29 is 13.9 Å². The Morgan fingerprint density at radius 2 is 2.03 bits per heavy atom. The molecule has 0 radical (unpaired) electrons. The summed E-state index contributed by atoms with van der Waals surface area (Å²) in [5.74, 6) is 0.240. The third-order valence-corrected chi connectivity index (χ3v) is 6.67. The third kappa shape index (κ3) is 2.95. The van der Waals surface area contributed by atoms with E-state index in [4.69, 9.17) is 21.3 Å². The minimum absolute atomic E-state index is 0.193. The van der Waals surface area contributed by atoms with Crippen LogP contribution in [-0.2, 0) is 11.3 Å². The van der Waals surface area contributed by atoms with Crippen molar-refractivity contribution in [2.24, 2.45) is 0 Å². The van der Waals surface area contributed by atoms with Crippen LogP contribution in [0.2, 0.25) is 5.02 Å². The standard InChI is InChI=1S/C24H22ClFN2O2/c1-3-30-24(29)23-27-21-18-8-13(2)20(26)11-17(18)15-9-16(10-15)22(21)28(23)12-14-6-4-5-7-19(14)25/h4-8,11,15-16H,3,9-10,12H2,1-2H3. The molecule has 6 heteroatoms. The lowest BCUT2D eigenvalue weighted by Crippen LogP contribution is -2.23. The minimum atomic E-state index is -0.450. The first-order valence-electron chi connectivity index (χ1n) is 10.3. The Kier molecular flexibility index (Phi) is 4.66. The highest BCUT2D eigenvalue weighted by Gasteiger charge is 2.42. The topological polar surface area (TPSA) is 44.1 Å². The lowest BCUT2D eigenvalue weighted by molar-refractivity contribution is 0.0506. The summed E-state index contributed by atoms with van der Waals surface area (Å²) in [6.45, 7) is 4.25. The maximum absolute atomic E-state index is 14.3. The van der Waals surface area contributed by atoms with Crippen LogP contribution in [0.5, 0.6) is 0 Å². The van der Waals surface area contributed by atoms with E-state index in [1.807, 2.05) is 34.9 Å². The molecular formula is C24H22ClFN2O2. The average molecular weight is 425 g/mol. The van der Waals surface area contributed by atoms with Crippen LogP contribution in [0.4, 0.5) is 4.39 Å². The molecule has 3 aromatic rings. The number of ether oxygens (including phenoxy) is 1. The molecule has 0 amide bonds. The number of carbonyl (C=O) groups excluding carboxylic acids is 1. The Labute approximate surface area is 179 Å². The monoisotopic (exact) mass is 424 g/mol. The van der Waals surface area contributed by atoms with Crippen molar-refractivity contribution in [2.45, 2.75) is 45.1 Å². The molecule has 0 saturated heterocycles. The SMILES string of the molecule is CCOC(=O)c1nc2c(n1Cc1ccccc1Cl)C1CC(C1)c1cc(F)c(C)cc1-2. The van der Waals surface area contributed by atoms with Gasteiger partial charge in [-0.1, -0.05) is 29.8 Å². The fourth-order valence-corrected chi connectivity index (χ4v) is 4.92. The van der Waals surface area contributed by atoms with Crippen LogP contribution >= 0.6 is 11.6 Å². The van der Waals surface area contributed by atoms with Crippen LogP contribution in [0, 0.1) is 12.7 Å². The van der Waals surface area contributed by atoms with E-state index in [0.717, 1.165) is 40.9 Å². The molecule has 0 unspecified atom stereocenters. The predicted octanol–water partition coefficient (Wildman–Crippen LogP) is 5.85. The lowest BCUT2D eigenvalue weighted by Gasteiger charge is -2.34. The molecule has 0 spiro atoms. The van der Waals surface area contributed by atoms with E-state index >= 15 is 0 Å². The number of imidazole rings is 1. The summed E-state index contributed by atoms with van der Waals surface area (Å²) in [6.07, 6.45) is 1.86. The molecule has 30 heavy (non-hydrogen) atoms. The smallest absolute Gasteiger partial charge is 0.374 e. The summed E-state index contributed by atoms with van der Waals surface area (Å²) < 4.78 is 21.6. The Balaban J connectivity index is 1.73. The molecule has 2 bridgehead atoms. The zero-order valence-corrected chi connectivity index (χ0v) is 17.7. The molecule has 6 rings (SSSR count). The number of esters is 1. The largest absolute Gasteiger partial charge is 0.460 e. The fourth-order valence-electron chi connectivity index (χ4n) is 4.72. The van der Waals surface area contributed by atoms with Crippen LogP contribution in [0.25, 0.3) is 11.3 Å². The van der Waals surface area contributed by atoms with Crippen molar-refractivity contribution in [3.05, 3.63) is 75.4 Å². The maximum Gasteiger partial charge on any atom is 0.374 e. The van der Waals surface area contributed by atoms with Gasteiger partial charge in [-0.3, -0.25) is 0 Å². The molecule has 0 N–H and O–H groups in total. The Hall–Kier alpha value is -2.66. The van der Waals surface area contributed by atoms with Gasteiger partial charge in [-0.05, 0) is 67.5 Å². The van der Waals surface area contributed by atoms with E-state index in [0.29, 0.717) is 23.0 Å². The lowest BCUT2D eigenvalue weighted by atomic mass is 9.71. The number of halogens is 2. The zero-order valence-electron chi connectivity index (χ0n) is 16.9. The fraction of sp³-hybridized carbons (Fsp3) is 0.333. The zero-order chi connectivity index (χ0) is 21.0. The van der Waals surface area contributed by atoms with Gasteiger partial charge in [0.2, 0.25) is 5.82 Å². The number of aryl methyl sites for hydroxylation is 1. The van der Waals surface area contributed by atoms with Crippen LogP contribution in [0.3, 0.4) is 0 Å². The number of hydrogen-bond donors (Lipinski definition) is 0. The quantitative estimate of drug-likeness (QED) is 0.493. The summed E-state index contributed by atoms with van der Waals surface area (Å²) in [4.78, 5) is 17.6. The van der Waals surface area contributed by atoms with E-state index in [1.54, 1.807) is 19.9 Å². The molecular weight excluding hydrogens is 403 g/mol. The van der Waals surface area contributed by atoms with Gasteiger partial charge < -0.3 is 9.30 Å². The first kappa shape index (κ1) is 19.3. The van der Waals surface area contributed by atoms with Crippen molar-refractivity contribution in [3.63, 3.8) is 0 Å². The highest BCUT2D eigenvalue weighted by atomic mass is 35.5. The number of aromatic nitrogens is 2. The number of benzene rings is 2. The van der Waals surface area contributed by atoms with E-state index in [9.17, 15) is 9.18 Å². The predicted molar refractivity (Wildman–Crippen MR) is 114 cm³/mol. The van der Waals surface area contributed by atoms with E-state index in [-0.39, 0.29) is 24.2 Å². The molecule has 0 atom stereocenters. The molecule has 2 aromatic carbocycles. The normalized spacial score (nSPS) is 18.8. The number of carbonyl (C=O) groups is 1. The first-order valence-corrected chi connectivity index (χ1v) is 10.7. The summed E-state index contributed by atoms with van der Waals surface area (Å²) >= 11 is 6.42. The number of nitrogens with zero attached hydrogens (tertiary/aromatic N) is 2. The van der Waals surface area contributed by atoms with Crippen LogP contribution in [0.15, 0.2) is 36.4 Å². The average Bonchev–Trinajstić information content (AvgIpc) is 2.92. The van der Waals surface area contributed by atoms with Gasteiger partial charge in [-0.15, -0.1) is 0 Å². The van der Waals surface area contributed by atoms with E-state index < -0.39 is 5.97 Å². The van der Waals surface area contributed by atoms with Gasteiger partial charge in [0, 0.05) is 22.2 Å². The van der Waals surface area contributed by atoms with Gasteiger partial charge in [-0.25, -0.2) is 14.2 Å². The molecule has 1 aromatic heterocycles. The van der Waals surface area contributed by atoms with Crippen LogP contribution in [0.1, 0.15) is 64.6 Å². The van der Waals surface area contributed by atoms with Gasteiger partial charge in [0.1, 0.15) is 5.82 Å². The summed E-state index contributed by atoms with van der Waals surface area (Å²) in [5, 5.41) is 0.646. The van der Waals surface area contributed by atoms with E-state index in [1.165, 1.54) is 0 Å². The van der Waals surface area contributed by atoms with Gasteiger partial charge >= 0.3 is 5.97 Å². The molecule has 1 saturated carbocycles. The summed E-state index contributed by atoms with van der Waals surface area (Å²) in [6, 6.07) is 11.1. The van der Waals surface area contributed by atoms with Gasteiger partial charge in [0.05, 0.1) is 18.8 Å². The molecule has 154 valence electrons. The number of rotatable bonds is 4. The van der Waals surface area contributed by atoms with Crippen LogP contribution in [-0.4, -0.2) is 22.1 Å². The second kappa shape index (κ2) is 7.24. The molecule has 4 nitrogen and oxygen atoms in total. The summed E-state index contributed by atoms with van der Waals surface area (Å²) in [5.41, 5.74) is 5.22. The van der Waals surface area contributed by atoms with Crippen molar-refractivity contribution in [2.75, 3.05) is 6.61 Å². The highest BCUT2D eigenvalue weighted by molar-refractivity contribution is 6.31. The molecule has 1 heterocycles. The Morgan fingerprint density at radius 1 is 1.27 bits per heavy atom. The minimum Gasteiger partial charge on any atom is -0.460 e. The molecule has 1 fully saturated rings. The first-order chi connectivity index (χ1) is 14.5. The van der Waals surface area contributed by atoms with Gasteiger partial charge in [0.25, 0.3) is 0 Å². The second-order valence-electron chi connectivity index (χ2n) is 8.12. The molecule has 3 aliphatic rings. The Bertz CT molecular complexity index is 1160. The molecule has 3 aliphatic carbocycles. The highest BCUT2D eigenvalue weighted by Crippen LogP contribution is 2.56. The maximum atomic E-state index is 14.3. The van der Waals surface area contributed by atoms with Crippen molar-refractivity contribution in [1.29, 1.82) is 0 Å². The Morgan fingerprint density at radius 3 is 2.77 bits per heavy atom. The van der Waals surface area contributed by atoms with E-state index in [2.05, 4.69) is 0 Å². The van der Waals surface area contributed by atoms with Crippen LogP contribution < -0.4 is 0 Å². The van der Waals surface area contributed by atoms with Crippen molar-refractivity contribution in [3.8, 4) is 11.3 Å². The third-order valence-electron chi connectivity index (χ3n) is 6.30. The second-order valence-corrected chi connectivity index (χ2v) is 8.53. The number of hydrogen-bond acceptors (Lipinski definition) is 3. The molecule has 0 aliphatic heterocycles. The van der Waals surface area contributed by atoms with Crippen molar-refractivity contribution in [1.82, 2.24) is 9.55 Å².